The summed E-state index contributed by atoms with van der Waals surface area (Å²) in [5.41, 5.74) is 1.30. The van der Waals surface area contributed by atoms with Gasteiger partial charge in [-0.1, -0.05) is 32.9 Å². The molecule has 8 nitrogen and oxygen atoms in total. The van der Waals surface area contributed by atoms with Gasteiger partial charge in [-0.2, -0.15) is 4.31 Å². The molecule has 1 aliphatic heterocycles. The molecule has 0 bridgehead atoms. The summed E-state index contributed by atoms with van der Waals surface area (Å²) >= 11 is 0. The zero-order valence-electron chi connectivity index (χ0n) is 17.6. The van der Waals surface area contributed by atoms with Crippen LogP contribution < -0.4 is 5.32 Å². The van der Waals surface area contributed by atoms with Crippen molar-refractivity contribution in [3.05, 3.63) is 48.0 Å². The number of benzene rings is 1. The third-order valence-corrected chi connectivity index (χ3v) is 6.69. The first-order valence-corrected chi connectivity index (χ1v) is 11.4. The average Bonchev–Trinajstić information content (AvgIpc) is 2.73. The first kappa shape index (κ1) is 22.3. The predicted octanol–water partition coefficient (Wildman–Crippen LogP) is 2.37. The molecule has 0 saturated carbocycles. The summed E-state index contributed by atoms with van der Waals surface area (Å²) in [4.78, 5) is 21.1. The number of amides is 1. The van der Waals surface area contributed by atoms with E-state index in [-0.39, 0.29) is 22.6 Å². The van der Waals surface area contributed by atoms with Gasteiger partial charge in [0.05, 0.1) is 36.2 Å². The van der Waals surface area contributed by atoms with Gasteiger partial charge in [0.1, 0.15) is 5.82 Å². The minimum absolute atomic E-state index is 0.146. The van der Waals surface area contributed by atoms with Crippen LogP contribution in [0.2, 0.25) is 0 Å². The van der Waals surface area contributed by atoms with Crippen molar-refractivity contribution in [2.75, 3.05) is 31.6 Å². The smallest absolute Gasteiger partial charge is 0.243 e. The number of hydrogen-bond acceptors (Lipinski definition) is 6. The van der Waals surface area contributed by atoms with Crippen LogP contribution in [0.15, 0.2) is 41.6 Å². The number of aromatic nitrogens is 2. The van der Waals surface area contributed by atoms with Gasteiger partial charge in [0.25, 0.3) is 0 Å². The lowest BCUT2D eigenvalue weighted by molar-refractivity contribution is -0.116. The van der Waals surface area contributed by atoms with Crippen LogP contribution in [-0.2, 0) is 31.4 Å². The second-order valence-corrected chi connectivity index (χ2v) is 10.2. The highest BCUT2D eigenvalue weighted by Crippen LogP contribution is 2.19. The minimum Gasteiger partial charge on any atom is -0.379 e. The van der Waals surface area contributed by atoms with E-state index < -0.39 is 10.0 Å². The van der Waals surface area contributed by atoms with Crippen molar-refractivity contribution in [1.82, 2.24) is 14.3 Å². The van der Waals surface area contributed by atoms with Gasteiger partial charge in [0, 0.05) is 24.9 Å². The number of nitrogens with zero attached hydrogens (tertiary/aromatic N) is 3. The topological polar surface area (TPSA) is 101 Å². The van der Waals surface area contributed by atoms with Crippen molar-refractivity contribution in [3.63, 3.8) is 0 Å². The molecule has 1 amide bonds. The van der Waals surface area contributed by atoms with E-state index in [1.807, 2.05) is 20.8 Å². The fraction of sp³-hybridized carbons (Fsp3) is 0.476. The number of carbonyl (C=O) groups excluding carboxylic acids is 1. The fourth-order valence-corrected chi connectivity index (χ4v) is 4.43. The Morgan fingerprint density at radius 1 is 1.10 bits per heavy atom. The zero-order valence-corrected chi connectivity index (χ0v) is 18.4. The molecule has 1 aromatic heterocycles. The molecule has 0 radical (unpaired) electrons. The molecule has 0 spiro atoms. The molecular formula is C21H28N4O4S. The molecule has 3 rings (SSSR count). The van der Waals surface area contributed by atoms with Crippen LogP contribution in [0.5, 0.6) is 0 Å². The zero-order chi connectivity index (χ0) is 21.8. The Labute approximate surface area is 177 Å². The van der Waals surface area contributed by atoms with Crippen molar-refractivity contribution in [2.24, 2.45) is 0 Å². The van der Waals surface area contributed by atoms with Gasteiger partial charge in [0.2, 0.25) is 15.9 Å². The number of rotatable bonds is 6. The van der Waals surface area contributed by atoms with E-state index >= 15 is 0 Å². The maximum Gasteiger partial charge on any atom is 0.243 e. The van der Waals surface area contributed by atoms with E-state index in [4.69, 9.17) is 4.74 Å². The number of carbonyl (C=O) groups is 1. The van der Waals surface area contributed by atoms with E-state index in [9.17, 15) is 13.2 Å². The Hall–Kier alpha value is -2.36. The summed E-state index contributed by atoms with van der Waals surface area (Å²) in [7, 11) is -3.50. The fourth-order valence-electron chi connectivity index (χ4n) is 3.03. The molecule has 0 aliphatic carbocycles. The Kier molecular flexibility index (Phi) is 6.84. The van der Waals surface area contributed by atoms with E-state index in [0.717, 1.165) is 5.56 Å². The average molecular weight is 433 g/mol. The summed E-state index contributed by atoms with van der Waals surface area (Å²) in [5.74, 6) is 0.569. The molecule has 1 saturated heterocycles. The quantitative estimate of drug-likeness (QED) is 0.752. The summed E-state index contributed by atoms with van der Waals surface area (Å²) < 4.78 is 31.9. The number of hydrogen-bond donors (Lipinski definition) is 1. The number of aryl methyl sites for hydroxylation is 1. The number of anilines is 1. The molecule has 1 N–H and O–H groups in total. The summed E-state index contributed by atoms with van der Waals surface area (Å²) in [6, 6.07) is 6.69. The van der Waals surface area contributed by atoms with Gasteiger partial charge in [-0.15, -0.1) is 0 Å². The lowest BCUT2D eigenvalue weighted by Crippen LogP contribution is -2.40. The summed E-state index contributed by atoms with van der Waals surface area (Å²) in [6.07, 6.45) is 3.99. The van der Waals surface area contributed by atoms with Crippen LogP contribution in [0.3, 0.4) is 0 Å². The molecule has 0 atom stereocenters. The van der Waals surface area contributed by atoms with Gasteiger partial charge in [0.15, 0.2) is 0 Å². The highest BCUT2D eigenvalue weighted by atomic mass is 32.2. The highest BCUT2D eigenvalue weighted by molar-refractivity contribution is 7.89. The number of ether oxygens (including phenoxy) is 1. The van der Waals surface area contributed by atoms with E-state index in [2.05, 4.69) is 15.3 Å². The van der Waals surface area contributed by atoms with Crippen molar-refractivity contribution in [1.29, 1.82) is 0 Å². The molecule has 0 unspecified atom stereocenters. The van der Waals surface area contributed by atoms with Gasteiger partial charge < -0.3 is 10.1 Å². The minimum atomic E-state index is -3.50. The third kappa shape index (κ3) is 5.62. The number of sulfonamides is 1. The van der Waals surface area contributed by atoms with Crippen LogP contribution in [0.4, 0.5) is 5.69 Å². The molecule has 1 aliphatic rings. The molecule has 2 heterocycles. The third-order valence-electron chi connectivity index (χ3n) is 4.78. The second-order valence-electron chi connectivity index (χ2n) is 8.25. The van der Waals surface area contributed by atoms with Crippen LogP contribution in [0, 0.1) is 0 Å². The first-order valence-electron chi connectivity index (χ1n) is 9.95. The van der Waals surface area contributed by atoms with Crippen LogP contribution in [0.25, 0.3) is 0 Å². The predicted molar refractivity (Wildman–Crippen MR) is 114 cm³/mol. The molecular weight excluding hydrogens is 404 g/mol. The standard InChI is InChI=1S/C21H28N4O4S/c1-21(2,3)20-22-14-17(15-23-20)24-19(26)9-6-16-4-7-18(8-5-16)30(27,28)25-10-12-29-13-11-25/h4-5,7-8,14-15H,6,9-13H2,1-3H3,(H,24,26). The molecule has 9 heteroatoms. The van der Waals surface area contributed by atoms with Crippen molar-refractivity contribution in [3.8, 4) is 0 Å². The van der Waals surface area contributed by atoms with Crippen LogP contribution in [0.1, 0.15) is 38.6 Å². The highest BCUT2D eigenvalue weighted by Gasteiger charge is 2.26. The lowest BCUT2D eigenvalue weighted by Gasteiger charge is -2.26. The Balaban J connectivity index is 1.54. The Bertz CT molecular complexity index is 962. The molecule has 1 fully saturated rings. The van der Waals surface area contributed by atoms with Crippen molar-refractivity contribution >= 4 is 21.6 Å². The van der Waals surface area contributed by atoms with Crippen LogP contribution >= 0.6 is 0 Å². The van der Waals surface area contributed by atoms with E-state index in [1.165, 1.54) is 4.31 Å². The lowest BCUT2D eigenvalue weighted by atomic mass is 9.96. The van der Waals surface area contributed by atoms with Crippen LogP contribution in [-0.4, -0.2) is 54.9 Å². The monoisotopic (exact) mass is 432 g/mol. The first-order chi connectivity index (χ1) is 14.2. The van der Waals surface area contributed by atoms with E-state index in [1.54, 1.807) is 36.7 Å². The van der Waals surface area contributed by atoms with Crippen molar-refractivity contribution < 1.29 is 17.9 Å². The SMILES string of the molecule is CC(C)(C)c1ncc(NC(=O)CCc2ccc(S(=O)(=O)N3CCOCC3)cc2)cn1. The van der Waals surface area contributed by atoms with E-state index in [0.29, 0.717) is 44.2 Å². The molecule has 162 valence electrons. The Morgan fingerprint density at radius 2 is 1.70 bits per heavy atom. The number of nitrogens with one attached hydrogen (secondary N) is 1. The maximum atomic E-state index is 12.6. The van der Waals surface area contributed by atoms with Gasteiger partial charge in [-0.25, -0.2) is 18.4 Å². The molecule has 1 aromatic carbocycles. The Morgan fingerprint density at radius 3 is 2.27 bits per heavy atom. The van der Waals surface area contributed by atoms with Gasteiger partial charge in [-0.05, 0) is 24.1 Å². The maximum absolute atomic E-state index is 12.6. The second kappa shape index (κ2) is 9.20. The largest absolute Gasteiger partial charge is 0.379 e. The van der Waals surface area contributed by atoms with Gasteiger partial charge in [-0.3, -0.25) is 4.79 Å². The van der Waals surface area contributed by atoms with Crippen molar-refractivity contribution in [2.45, 2.75) is 43.9 Å². The summed E-state index contributed by atoms with van der Waals surface area (Å²) in [5, 5.41) is 2.79. The van der Waals surface area contributed by atoms with Gasteiger partial charge >= 0.3 is 0 Å². The molecule has 30 heavy (non-hydrogen) atoms. The normalized spacial score (nSPS) is 15.7. The number of morpholine rings is 1. The summed E-state index contributed by atoms with van der Waals surface area (Å²) in [6.45, 7) is 7.64. The molecule has 2 aromatic rings.